The Labute approximate surface area is 228 Å². The average molecular weight is 556 g/mol. The molecule has 0 bridgehead atoms. The SMILES string of the molecule is COc1cc(Nc2nc3c(c(N4CC(F)(F)C4)n2)CN(C)CC3c2ccc(F)cc2)ccc1-n1cnc(Cl)c1. The lowest BCUT2D eigenvalue weighted by molar-refractivity contribution is -0.0268. The van der Waals surface area contributed by atoms with Crippen molar-refractivity contribution in [1.29, 1.82) is 0 Å². The predicted octanol–water partition coefficient (Wildman–Crippen LogP) is 5.24. The molecule has 2 aliphatic heterocycles. The predicted molar refractivity (Wildman–Crippen MR) is 142 cm³/mol. The van der Waals surface area contributed by atoms with Gasteiger partial charge in [0.1, 0.15) is 28.9 Å². The first-order chi connectivity index (χ1) is 18.7. The summed E-state index contributed by atoms with van der Waals surface area (Å²) in [5.41, 5.74) is 3.80. The zero-order valence-electron chi connectivity index (χ0n) is 21.2. The summed E-state index contributed by atoms with van der Waals surface area (Å²) < 4.78 is 48.8. The van der Waals surface area contributed by atoms with E-state index in [1.54, 1.807) is 47.3 Å². The Morgan fingerprint density at radius 2 is 1.87 bits per heavy atom. The molecule has 8 nitrogen and oxygen atoms in total. The van der Waals surface area contributed by atoms with Crippen molar-refractivity contribution in [1.82, 2.24) is 24.4 Å². The Kier molecular flexibility index (Phi) is 6.35. The fourth-order valence-corrected chi connectivity index (χ4v) is 5.28. The van der Waals surface area contributed by atoms with E-state index in [0.717, 1.165) is 22.5 Å². The number of ether oxygens (including phenoxy) is 1. The molecule has 1 N–H and O–H groups in total. The second-order valence-corrected chi connectivity index (χ2v) is 10.3. The molecule has 0 aliphatic carbocycles. The number of nitrogens with zero attached hydrogens (tertiary/aromatic N) is 6. The molecular weight excluding hydrogens is 531 g/mol. The first kappa shape index (κ1) is 25.4. The number of alkyl halides is 2. The van der Waals surface area contributed by atoms with Crippen molar-refractivity contribution in [2.45, 2.75) is 18.4 Å². The molecule has 2 aliphatic rings. The van der Waals surface area contributed by atoms with Gasteiger partial charge in [-0.05, 0) is 36.9 Å². The maximum atomic E-state index is 13.9. The second-order valence-electron chi connectivity index (χ2n) is 9.86. The van der Waals surface area contributed by atoms with Gasteiger partial charge in [-0.15, -0.1) is 0 Å². The molecule has 12 heteroatoms. The van der Waals surface area contributed by atoms with E-state index in [4.69, 9.17) is 26.3 Å². The molecule has 6 rings (SSSR count). The molecule has 202 valence electrons. The summed E-state index contributed by atoms with van der Waals surface area (Å²) in [5.74, 6) is -1.97. The third-order valence-electron chi connectivity index (χ3n) is 6.95. The summed E-state index contributed by atoms with van der Waals surface area (Å²) in [6.07, 6.45) is 3.25. The quantitative estimate of drug-likeness (QED) is 0.349. The van der Waals surface area contributed by atoms with E-state index in [-0.39, 0.29) is 17.7 Å². The number of hydrogen-bond donors (Lipinski definition) is 1. The summed E-state index contributed by atoms with van der Waals surface area (Å²) in [7, 11) is 3.52. The highest BCUT2D eigenvalue weighted by molar-refractivity contribution is 6.29. The number of nitrogens with one attached hydrogen (secondary N) is 1. The van der Waals surface area contributed by atoms with Gasteiger partial charge < -0.3 is 24.4 Å². The first-order valence-electron chi connectivity index (χ1n) is 12.3. The van der Waals surface area contributed by atoms with Crippen molar-refractivity contribution in [3.63, 3.8) is 0 Å². The molecular formula is C27H25ClF3N7O. The summed E-state index contributed by atoms with van der Waals surface area (Å²) in [4.78, 5) is 17.3. The van der Waals surface area contributed by atoms with Crippen molar-refractivity contribution >= 4 is 29.1 Å². The van der Waals surface area contributed by atoms with E-state index >= 15 is 0 Å². The molecule has 39 heavy (non-hydrogen) atoms. The van der Waals surface area contributed by atoms with Crippen LogP contribution in [0, 0.1) is 5.82 Å². The van der Waals surface area contributed by atoms with Crippen LogP contribution in [0.5, 0.6) is 5.75 Å². The Morgan fingerprint density at radius 1 is 1.10 bits per heavy atom. The molecule has 0 spiro atoms. The molecule has 1 saturated heterocycles. The lowest BCUT2D eigenvalue weighted by Crippen LogP contribution is -2.57. The molecule has 2 aromatic carbocycles. The van der Waals surface area contributed by atoms with Crippen LogP contribution in [-0.2, 0) is 6.54 Å². The summed E-state index contributed by atoms with van der Waals surface area (Å²) in [6.45, 7) is 0.342. The monoisotopic (exact) mass is 555 g/mol. The van der Waals surface area contributed by atoms with Crippen LogP contribution in [0.4, 0.5) is 30.6 Å². The van der Waals surface area contributed by atoms with Crippen molar-refractivity contribution in [3.8, 4) is 11.4 Å². The Bertz CT molecular complexity index is 1520. The van der Waals surface area contributed by atoms with Gasteiger partial charge in [0.05, 0.1) is 31.6 Å². The smallest absolute Gasteiger partial charge is 0.282 e. The molecule has 0 radical (unpaired) electrons. The van der Waals surface area contributed by atoms with Crippen LogP contribution < -0.4 is 15.0 Å². The summed E-state index contributed by atoms with van der Waals surface area (Å²) in [5, 5.41) is 3.58. The molecule has 1 atom stereocenters. The minimum Gasteiger partial charge on any atom is -0.494 e. The minimum atomic E-state index is -2.76. The van der Waals surface area contributed by atoms with E-state index in [9.17, 15) is 13.2 Å². The van der Waals surface area contributed by atoms with Gasteiger partial charge in [0.2, 0.25) is 5.95 Å². The molecule has 0 saturated carbocycles. The van der Waals surface area contributed by atoms with Gasteiger partial charge in [-0.2, -0.15) is 4.98 Å². The van der Waals surface area contributed by atoms with Crippen LogP contribution in [0.2, 0.25) is 5.15 Å². The Balaban J connectivity index is 1.40. The van der Waals surface area contributed by atoms with Crippen molar-refractivity contribution < 1.29 is 17.9 Å². The largest absolute Gasteiger partial charge is 0.494 e. The zero-order valence-corrected chi connectivity index (χ0v) is 22.0. The zero-order chi connectivity index (χ0) is 27.3. The topological polar surface area (TPSA) is 71.3 Å². The number of halogens is 4. The number of aromatic nitrogens is 4. The van der Waals surface area contributed by atoms with Gasteiger partial charge >= 0.3 is 0 Å². The van der Waals surface area contributed by atoms with Gasteiger partial charge in [0.15, 0.2) is 0 Å². The number of likely N-dealkylation sites (N-methyl/N-ethyl adjacent to an activating group) is 1. The van der Waals surface area contributed by atoms with Crippen LogP contribution in [0.3, 0.4) is 0 Å². The van der Waals surface area contributed by atoms with Crippen molar-refractivity contribution in [2.24, 2.45) is 0 Å². The van der Waals surface area contributed by atoms with E-state index in [0.29, 0.717) is 35.5 Å². The number of methoxy groups -OCH3 is 1. The Hall–Kier alpha value is -3.83. The molecule has 1 fully saturated rings. The summed E-state index contributed by atoms with van der Waals surface area (Å²) in [6, 6.07) is 11.8. The van der Waals surface area contributed by atoms with E-state index in [1.807, 2.05) is 19.2 Å². The third kappa shape index (κ3) is 4.99. The van der Waals surface area contributed by atoms with E-state index in [2.05, 4.69) is 15.2 Å². The van der Waals surface area contributed by atoms with Crippen LogP contribution >= 0.6 is 11.6 Å². The number of hydrogen-bond acceptors (Lipinski definition) is 7. The Morgan fingerprint density at radius 3 is 2.54 bits per heavy atom. The van der Waals surface area contributed by atoms with Gasteiger partial charge in [0.25, 0.3) is 5.92 Å². The standard InChI is InChI=1S/C27H25ClF3N7O/c1-36-10-19(16-3-5-17(29)6-4-16)24-20(11-36)25(38-13-27(30,31)14-38)35-26(34-24)33-18-7-8-21(22(9-18)39-2)37-12-23(28)32-15-37/h3-9,12,15,19H,10-11,13-14H2,1-2H3,(H,33,34,35). The van der Waals surface area contributed by atoms with Crippen LogP contribution in [-0.4, -0.2) is 64.1 Å². The average Bonchev–Trinajstić information content (AvgIpc) is 3.33. The molecule has 4 aromatic rings. The second kappa shape index (κ2) is 9.73. The number of rotatable bonds is 6. The van der Waals surface area contributed by atoms with Gasteiger partial charge in [-0.1, -0.05) is 23.7 Å². The van der Waals surface area contributed by atoms with Crippen molar-refractivity contribution in [3.05, 3.63) is 82.8 Å². The van der Waals surface area contributed by atoms with Gasteiger partial charge in [-0.25, -0.2) is 23.1 Å². The van der Waals surface area contributed by atoms with Gasteiger partial charge in [0, 0.05) is 42.5 Å². The highest BCUT2D eigenvalue weighted by atomic mass is 35.5. The maximum Gasteiger partial charge on any atom is 0.282 e. The molecule has 1 unspecified atom stereocenters. The molecule has 2 aromatic heterocycles. The minimum absolute atomic E-state index is 0.189. The fraction of sp³-hybridized carbons (Fsp3) is 0.296. The van der Waals surface area contributed by atoms with E-state index in [1.165, 1.54) is 12.1 Å². The first-order valence-corrected chi connectivity index (χ1v) is 12.7. The molecule has 4 heterocycles. The van der Waals surface area contributed by atoms with Crippen molar-refractivity contribution in [2.75, 3.05) is 44.0 Å². The fourth-order valence-electron chi connectivity index (χ4n) is 5.13. The number of fused-ring (bicyclic) bond motifs is 1. The molecule has 0 amide bonds. The number of imidazole rings is 1. The van der Waals surface area contributed by atoms with Crippen LogP contribution in [0.1, 0.15) is 22.7 Å². The van der Waals surface area contributed by atoms with E-state index < -0.39 is 19.0 Å². The normalized spacial score (nSPS) is 18.4. The lowest BCUT2D eigenvalue weighted by atomic mass is 9.88. The number of anilines is 3. The number of benzene rings is 2. The third-order valence-corrected chi connectivity index (χ3v) is 7.15. The summed E-state index contributed by atoms with van der Waals surface area (Å²) >= 11 is 5.98. The maximum absolute atomic E-state index is 13.9. The highest BCUT2D eigenvalue weighted by Crippen LogP contribution is 2.40. The highest BCUT2D eigenvalue weighted by Gasteiger charge is 2.46. The lowest BCUT2D eigenvalue weighted by Gasteiger charge is -2.42. The van der Waals surface area contributed by atoms with Crippen LogP contribution in [0.25, 0.3) is 5.69 Å². The van der Waals surface area contributed by atoms with Gasteiger partial charge in [-0.3, -0.25) is 0 Å². The van der Waals surface area contributed by atoms with Crippen LogP contribution in [0.15, 0.2) is 55.0 Å².